The monoisotopic (exact) mass is 338 g/mol. The summed E-state index contributed by atoms with van der Waals surface area (Å²) in [5.74, 6) is 0.492. The van der Waals surface area contributed by atoms with E-state index in [0.717, 1.165) is 16.5 Å². The number of rotatable bonds is 3. The first-order chi connectivity index (χ1) is 11.2. The Kier molecular flexibility index (Phi) is 3.67. The van der Waals surface area contributed by atoms with Crippen molar-refractivity contribution in [3.8, 4) is 0 Å². The van der Waals surface area contributed by atoms with Crippen molar-refractivity contribution in [2.75, 3.05) is 0 Å². The Morgan fingerprint density at radius 1 is 0.652 bits per heavy atom. The molecule has 0 radical (unpaired) electrons. The highest BCUT2D eigenvalue weighted by Gasteiger charge is 2.56. The van der Waals surface area contributed by atoms with Gasteiger partial charge in [0.25, 0.3) is 0 Å². The Bertz CT molecular complexity index is 759. The topological polar surface area (TPSA) is 0 Å². The van der Waals surface area contributed by atoms with Gasteiger partial charge in [0.15, 0.2) is 0 Å². The zero-order chi connectivity index (χ0) is 15.9. The zero-order valence-corrected chi connectivity index (χ0v) is 14.1. The summed E-state index contributed by atoms with van der Waals surface area (Å²) in [5, 5.41) is 1.55. The fourth-order valence-corrected chi connectivity index (χ4v) is 3.90. The fraction of sp³-hybridized carbons (Fsp3) is 0.143. The molecule has 1 unspecified atom stereocenters. The minimum atomic E-state index is 0.0243. The lowest BCUT2D eigenvalue weighted by Crippen LogP contribution is -2.11. The molecule has 1 aliphatic carbocycles. The van der Waals surface area contributed by atoms with Crippen LogP contribution in [0, 0.1) is 0 Å². The van der Waals surface area contributed by atoms with Crippen LogP contribution in [-0.2, 0) is 5.41 Å². The highest BCUT2D eigenvalue weighted by molar-refractivity contribution is 6.30. The van der Waals surface area contributed by atoms with Gasteiger partial charge >= 0.3 is 0 Å². The van der Waals surface area contributed by atoms with Gasteiger partial charge in [-0.3, -0.25) is 0 Å². The molecule has 1 atom stereocenters. The van der Waals surface area contributed by atoms with Gasteiger partial charge in [-0.2, -0.15) is 0 Å². The zero-order valence-electron chi connectivity index (χ0n) is 12.5. The van der Waals surface area contributed by atoms with E-state index in [1.54, 1.807) is 0 Å². The third-order valence-corrected chi connectivity index (χ3v) is 5.39. The normalized spacial score (nSPS) is 18.6. The lowest BCUT2D eigenvalue weighted by Gasteiger charge is -2.19. The second-order valence-corrected chi connectivity index (χ2v) is 7.03. The fourth-order valence-electron chi connectivity index (χ4n) is 3.65. The summed E-state index contributed by atoms with van der Waals surface area (Å²) in [6.45, 7) is 0. The molecule has 0 bridgehead atoms. The molecule has 1 fully saturated rings. The molecule has 1 aliphatic rings. The van der Waals surface area contributed by atoms with Crippen molar-refractivity contribution in [1.29, 1.82) is 0 Å². The van der Waals surface area contributed by atoms with Crippen LogP contribution < -0.4 is 0 Å². The molecule has 1 saturated carbocycles. The van der Waals surface area contributed by atoms with Gasteiger partial charge in [0.2, 0.25) is 0 Å². The van der Waals surface area contributed by atoms with Crippen molar-refractivity contribution >= 4 is 23.2 Å². The quantitative estimate of drug-likeness (QED) is 0.513. The Labute approximate surface area is 146 Å². The predicted octanol–water partition coefficient (Wildman–Crippen LogP) is 6.47. The van der Waals surface area contributed by atoms with Gasteiger partial charge in [-0.15, -0.1) is 0 Å². The van der Waals surface area contributed by atoms with Crippen LogP contribution in [0.25, 0.3) is 0 Å². The highest BCUT2D eigenvalue weighted by Crippen LogP contribution is 2.64. The van der Waals surface area contributed by atoms with Gasteiger partial charge in [-0.05, 0) is 53.3 Å². The van der Waals surface area contributed by atoms with Gasteiger partial charge in [-0.1, -0.05) is 77.8 Å². The van der Waals surface area contributed by atoms with Crippen molar-refractivity contribution in [3.05, 3.63) is 106 Å². The largest absolute Gasteiger partial charge is 0.0843 e. The van der Waals surface area contributed by atoms with Crippen LogP contribution >= 0.6 is 23.2 Å². The van der Waals surface area contributed by atoms with Gasteiger partial charge in [0.1, 0.15) is 0 Å². The van der Waals surface area contributed by atoms with Gasteiger partial charge in [-0.25, -0.2) is 0 Å². The minimum absolute atomic E-state index is 0.0243. The summed E-state index contributed by atoms with van der Waals surface area (Å²) in [5.41, 5.74) is 4.05. The molecule has 0 N–H and O–H groups in total. The lowest BCUT2D eigenvalue weighted by molar-refractivity contribution is 0.803. The first-order valence-electron chi connectivity index (χ1n) is 7.77. The molecule has 3 aromatic rings. The third kappa shape index (κ3) is 2.56. The smallest absolute Gasteiger partial charge is 0.0406 e. The number of hydrogen-bond acceptors (Lipinski definition) is 0. The second-order valence-electron chi connectivity index (χ2n) is 6.15. The maximum Gasteiger partial charge on any atom is 0.0406 e. The SMILES string of the molecule is Clc1ccc(C2(c3ccc(Cl)cc3)CC2c2ccccc2)cc1. The molecule has 0 amide bonds. The van der Waals surface area contributed by atoms with Gasteiger partial charge < -0.3 is 0 Å². The summed E-state index contributed by atoms with van der Waals surface area (Å²) < 4.78 is 0. The van der Waals surface area contributed by atoms with Crippen molar-refractivity contribution < 1.29 is 0 Å². The Morgan fingerprint density at radius 2 is 1.13 bits per heavy atom. The molecule has 23 heavy (non-hydrogen) atoms. The van der Waals surface area contributed by atoms with Crippen LogP contribution in [0.2, 0.25) is 10.0 Å². The molecular formula is C21H16Cl2. The number of halogens is 2. The average Bonchev–Trinajstić information content (AvgIpc) is 3.34. The Hall–Kier alpha value is -1.76. The van der Waals surface area contributed by atoms with Crippen molar-refractivity contribution in [1.82, 2.24) is 0 Å². The molecule has 0 saturated heterocycles. The maximum absolute atomic E-state index is 6.08. The van der Waals surface area contributed by atoms with E-state index in [1.165, 1.54) is 16.7 Å². The highest BCUT2D eigenvalue weighted by atomic mass is 35.5. The summed E-state index contributed by atoms with van der Waals surface area (Å²) in [4.78, 5) is 0. The molecule has 0 aliphatic heterocycles. The first-order valence-corrected chi connectivity index (χ1v) is 8.53. The number of benzene rings is 3. The summed E-state index contributed by atoms with van der Waals surface area (Å²) in [6.07, 6.45) is 1.11. The summed E-state index contributed by atoms with van der Waals surface area (Å²) in [7, 11) is 0. The van der Waals surface area contributed by atoms with E-state index in [4.69, 9.17) is 23.2 Å². The second kappa shape index (κ2) is 5.70. The van der Waals surface area contributed by atoms with Crippen molar-refractivity contribution in [2.24, 2.45) is 0 Å². The predicted molar refractivity (Wildman–Crippen MR) is 97.5 cm³/mol. The number of hydrogen-bond donors (Lipinski definition) is 0. The molecule has 0 spiro atoms. The summed E-state index contributed by atoms with van der Waals surface area (Å²) in [6, 6.07) is 27.3. The molecule has 114 valence electrons. The molecule has 0 aromatic heterocycles. The van der Waals surface area contributed by atoms with Crippen LogP contribution in [-0.4, -0.2) is 0 Å². The van der Waals surface area contributed by atoms with E-state index >= 15 is 0 Å². The molecule has 4 rings (SSSR count). The van der Waals surface area contributed by atoms with E-state index in [-0.39, 0.29) is 5.41 Å². The van der Waals surface area contributed by atoms with Crippen molar-refractivity contribution in [3.63, 3.8) is 0 Å². The molecular weight excluding hydrogens is 323 g/mol. The van der Waals surface area contributed by atoms with Crippen LogP contribution in [0.1, 0.15) is 29.0 Å². The molecule has 3 aromatic carbocycles. The average molecular weight is 339 g/mol. The molecule has 2 heteroatoms. The van der Waals surface area contributed by atoms with Crippen molar-refractivity contribution in [2.45, 2.75) is 17.8 Å². The van der Waals surface area contributed by atoms with Crippen LogP contribution in [0.3, 0.4) is 0 Å². The van der Waals surface area contributed by atoms with E-state index in [1.807, 2.05) is 24.3 Å². The Morgan fingerprint density at radius 3 is 1.61 bits per heavy atom. The van der Waals surface area contributed by atoms with Gasteiger partial charge in [0.05, 0.1) is 0 Å². The maximum atomic E-state index is 6.08. The minimum Gasteiger partial charge on any atom is -0.0843 e. The van der Waals surface area contributed by atoms with Crippen LogP contribution in [0.4, 0.5) is 0 Å². The summed E-state index contributed by atoms with van der Waals surface area (Å²) >= 11 is 12.2. The Balaban J connectivity index is 1.82. The molecule has 0 heterocycles. The van der Waals surface area contributed by atoms with Crippen LogP contribution in [0.15, 0.2) is 78.9 Å². The standard InChI is InChI=1S/C21H16Cl2/c22-18-10-6-16(7-11-18)21(17-8-12-19(23)13-9-17)14-20(21)15-4-2-1-3-5-15/h1-13,20H,14H2. The van der Waals surface area contributed by atoms with E-state index in [2.05, 4.69) is 54.6 Å². The van der Waals surface area contributed by atoms with Crippen LogP contribution in [0.5, 0.6) is 0 Å². The first kappa shape index (κ1) is 14.8. The van der Waals surface area contributed by atoms with E-state index in [0.29, 0.717) is 5.92 Å². The molecule has 0 nitrogen and oxygen atoms in total. The van der Waals surface area contributed by atoms with Gasteiger partial charge in [0, 0.05) is 15.5 Å². The third-order valence-electron chi connectivity index (χ3n) is 4.88. The van der Waals surface area contributed by atoms with E-state index < -0.39 is 0 Å². The lowest BCUT2D eigenvalue weighted by atomic mass is 9.84. The van der Waals surface area contributed by atoms with E-state index in [9.17, 15) is 0 Å².